The normalized spacial score (nSPS) is 8.20. The van der Waals surface area contributed by atoms with Gasteiger partial charge in [-0.15, -0.1) is 0 Å². The van der Waals surface area contributed by atoms with Crippen molar-refractivity contribution in [1.82, 2.24) is 5.32 Å². The highest BCUT2D eigenvalue weighted by Crippen LogP contribution is 1.87. The van der Waals surface area contributed by atoms with Gasteiger partial charge in [-0.2, -0.15) is 13.2 Å². The van der Waals surface area contributed by atoms with E-state index in [1.165, 1.54) is 6.92 Å². The van der Waals surface area contributed by atoms with Gasteiger partial charge >= 0.3 is 6.68 Å². The lowest BCUT2D eigenvalue weighted by atomic mass is 10.6. The zero-order valence-corrected chi connectivity index (χ0v) is 5.83. The van der Waals surface area contributed by atoms with Crippen molar-refractivity contribution in [1.29, 1.82) is 0 Å². The average molecular weight is 157 g/mol. The molecule has 0 aliphatic heterocycles. The maximum absolute atomic E-state index is 9.93. The predicted molar refractivity (Wildman–Crippen MR) is 31.5 cm³/mol. The van der Waals surface area contributed by atoms with Crippen LogP contribution in [0.3, 0.4) is 0 Å². The number of amides is 1. The Balaban J connectivity index is 0. The number of hydrogen-bond acceptors (Lipinski definition) is 1. The monoisotopic (exact) mass is 157 g/mol. The smallest absolute Gasteiger partial charge is 0.357 e. The molecule has 5 heteroatoms. The molecule has 1 amide bonds. The number of carbonyl (C=O) groups is 1. The fourth-order valence-corrected chi connectivity index (χ4v) is 0.249. The van der Waals surface area contributed by atoms with Gasteiger partial charge in [0, 0.05) is 13.5 Å². The fraction of sp³-hybridized carbons (Fsp3) is 0.800. The molecular weight excluding hydrogens is 147 g/mol. The molecule has 0 aliphatic rings. The van der Waals surface area contributed by atoms with E-state index >= 15 is 0 Å². The van der Waals surface area contributed by atoms with Crippen molar-refractivity contribution in [3.05, 3.63) is 0 Å². The van der Waals surface area contributed by atoms with Gasteiger partial charge in [0.2, 0.25) is 5.91 Å². The first-order valence-corrected chi connectivity index (χ1v) is 2.67. The van der Waals surface area contributed by atoms with Crippen LogP contribution in [0.5, 0.6) is 0 Å². The first-order chi connectivity index (χ1) is 4.50. The molecule has 0 aromatic rings. The Morgan fingerprint density at radius 3 is 1.80 bits per heavy atom. The summed E-state index contributed by atoms with van der Waals surface area (Å²) in [6.45, 7) is 0.459. The molecule has 0 heterocycles. The van der Waals surface area contributed by atoms with Crippen LogP contribution in [-0.4, -0.2) is 19.1 Å². The van der Waals surface area contributed by atoms with Crippen LogP contribution in [0.15, 0.2) is 0 Å². The van der Waals surface area contributed by atoms with E-state index in [4.69, 9.17) is 0 Å². The third-order valence-electron chi connectivity index (χ3n) is 0.426. The van der Waals surface area contributed by atoms with E-state index in [1.807, 2.05) is 6.92 Å². The Morgan fingerprint density at radius 1 is 1.50 bits per heavy atom. The van der Waals surface area contributed by atoms with E-state index in [-0.39, 0.29) is 5.91 Å². The van der Waals surface area contributed by atoms with E-state index in [0.717, 1.165) is 6.54 Å². The van der Waals surface area contributed by atoms with Gasteiger partial charge in [-0.1, -0.05) is 0 Å². The molecule has 0 saturated carbocycles. The predicted octanol–water partition coefficient (Wildman–Crippen LogP) is 1.32. The number of rotatable bonds is 1. The summed E-state index contributed by atoms with van der Waals surface area (Å²) in [5.41, 5.74) is 0. The second-order valence-corrected chi connectivity index (χ2v) is 1.33. The average Bonchev–Trinajstić information content (AvgIpc) is 1.62. The summed E-state index contributed by atoms with van der Waals surface area (Å²) in [5, 5.41) is 2.57. The lowest BCUT2D eigenvalue weighted by Crippen LogP contribution is -2.18. The lowest BCUT2D eigenvalue weighted by Gasteiger charge is -1.88. The standard InChI is InChI=1S/C4H9NO.CHF3/c1-3-5-4(2)6;2-1(3)4/h3H2,1-2H3,(H,5,6);1H. The zero-order chi connectivity index (χ0) is 8.57. The maximum Gasteiger partial charge on any atom is 0.379 e. The third kappa shape index (κ3) is 55.7. The van der Waals surface area contributed by atoms with Gasteiger partial charge in [-0.3, -0.25) is 4.79 Å². The number of halogens is 3. The molecule has 0 spiro atoms. The van der Waals surface area contributed by atoms with E-state index in [2.05, 4.69) is 5.32 Å². The molecule has 62 valence electrons. The highest BCUT2D eigenvalue weighted by molar-refractivity contribution is 5.72. The SMILES string of the molecule is CCNC(C)=O.FC(F)F. The Kier molecular flexibility index (Phi) is 9.90. The summed E-state index contributed by atoms with van der Waals surface area (Å²) in [6.07, 6.45) is 0. The van der Waals surface area contributed by atoms with Crippen LogP contribution in [-0.2, 0) is 4.79 Å². The van der Waals surface area contributed by atoms with Gasteiger partial charge < -0.3 is 5.32 Å². The van der Waals surface area contributed by atoms with Gasteiger partial charge in [0.25, 0.3) is 0 Å². The van der Waals surface area contributed by atoms with Gasteiger partial charge in [0.1, 0.15) is 0 Å². The molecule has 0 rings (SSSR count). The first kappa shape index (κ1) is 12.0. The Morgan fingerprint density at radius 2 is 1.80 bits per heavy atom. The zero-order valence-electron chi connectivity index (χ0n) is 5.83. The molecular formula is C5H10F3NO. The molecule has 0 atom stereocenters. The molecule has 2 nitrogen and oxygen atoms in total. The van der Waals surface area contributed by atoms with Crippen LogP contribution in [0.1, 0.15) is 13.8 Å². The highest BCUT2D eigenvalue weighted by atomic mass is 19.4. The molecule has 1 N–H and O–H groups in total. The molecule has 0 aliphatic carbocycles. The van der Waals surface area contributed by atoms with Gasteiger partial charge in [-0.05, 0) is 6.92 Å². The molecule has 10 heavy (non-hydrogen) atoms. The van der Waals surface area contributed by atoms with E-state index in [0.29, 0.717) is 0 Å². The van der Waals surface area contributed by atoms with Gasteiger partial charge in [0.15, 0.2) is 0 Å². The highest BCUT2D eigenvalue weighted by Gasteiger charge is 1.86. The molecule has 0 radical (unpaired) electrons. The second kappa shape index (κ2) is 8.26. The number of carbonyl (C=O) groups excluding carboxylic acids is 1. The van der Waals surface area contributed by atoms with Crippen molar-refractivity contribution in [2.75, 3.05) is 6.54 Å². The molecule has 0 bridgehead atoms. The maximum atomic E-state index is 9.93. The van der Waals surface area contributed by atoms with Gasteiger partial charge in [-0.25, -0.2) is 0 Å². The summed E-state index contributed by atoms with van der Waals surface area (Å²) < 4.78 is 29.0. The van der Waals surface area contributed by atoms with E-state index in [9.17, 15) is 18.0 Å². The molecule has 0 saturated heterocycles. The van der Waals surface area contributed by atoms with Crippen molar-refractivity contribution < 1.29 is 18.0 Å². The van der Waals surface area contributed by atoms with Gasteiger partial charge in [0.05, 0.1) is 0 Å². The largest absolute Gasteiger partial charge is 0.379 e. The minimum Gasteiger partial charge on any atom is -0.357 e. The Labute approximate surface area is 57.4 Å². The minimum absolute atomic E-state index is 0.0394. The first-order valence-electron chi connectivity index (χ1n) is 2.67. The molecule has 0 fully saturated rings. The van der Waals surface area contributed by atoms with Crippen molar-refractivity contribution in [2.24, 2.45) is 0 Å². The van der Waals surface area contributed by atoms with Crippen LogP contribution < -0.4 is 5.32 Å². The summed E-state index contributed by atoms with van der Waals surface area (Å²) >= 11 is 0. The van der Waals surface area contributed by atoms with Crippen LogP contribution in [0.4, 0.5) is 13.2 Å². The van der Waals surface area contributed by atoms with Crippen LogP contribution in [0, 0.1) is 0 Å². The number of nitrogens with one attached hydrogen (secondary N) is 1. The lowest BCUT2D eigenvalue weighted by molar-refractivity contribution is -0.118. The quantitative estimate of drug-likeness (QED) is 0.611. The summed E-state index contributed by atoms with van der Waals surface area (Å²) in [5.74, 6) is 0.0394. The van der Waals surface area contributed by atoms with Crippen LogP contribution >= 0.6 is 0 Å². The number of alkyl halides is 3. The third-order valence-corrected chi connectivity index (χ3v) is 0.426. The Bertz CT molecular complexity index is 84.2. The summed E-state index contributed by atoms with van der Waals surface area (Å²) in [7, 11) is 0. The summed E-state index contributed by atoms with van der Waals surface area (Å²) in [6, 6.07) is 0. The molecule has 0 aromatic heterocycles. The van der Waals surface area contributed by atoms with Crippen LogP contribution in [0.2, 0.25) is 0 Å². The van der Waals surface area contributed by atoms with Crippen molar-refractivity contribution in [3.63, 3.8) is 0 Å². The molecule has 0 aromatic carbocycles. The minimum atomic E-state index is -3.67. The number of hydrogen-bond donors (Lipinski definition) is 1. The van der Waals surface area contributed by atoms with Crippen molar-refractivity contribution in [2.45, 2.75) is 20.5 Å². The fourth-order valence-electron chi connectivity index (χ4n) is 0.249. The Hall–Kier alpha value is -0.740. The van der Waals surface area contributed by atoms with Crippen molar-refractivity contribution >= 4 is 5.91 Å². The van der Waals surface area contributed by atoms with E-state index < -0.39 is 6.68 Å². The topological polar surface area (TPSA) is 29.1 Å². The van der Waals surface area contributed by atoms with Crippen molar-refractivity contribution in [3.8, 4) is 0 Å². The van der Waals surface area contributed by atoms with Crippen LogP contribution in [0.25, 0.3) is 0 Å². The summed E-state index contributed by atoms with van der Waals surface area (Å²) in [4.78, 5) is 9.93. The molecule has 0 unspecified atom stereocenters. The second-order valence-electron chi connectivity index (χ2n) is 1.33. The van der Waals surface area contributed by atoms with E-state index in [1.54, 1.807) is 0 Å².